The second kappa shape index (κ2) is 11.2. The van der Waals surface area contributed by atoms with E-state index in [1.807, 2.05) is 0 Å². The summed E-state index contributed by atoms with van der Waals surface area (Å²) >= 11 is 6.23. The van der Waals surface area contributed by atoms with E-state index in [0.29, 0.717) is 0 Å². The monoisotopic (exact) mass is 630 g/mol. The smallest absolute Gasteiger partial charge is 0.280 e. The van der Waals surface area contributed by atoms with Crippen LogP contribution in [0.5, 0.6) is 0 Å². The van der Waals surface area contributed by atoms with Crippen molar-refractivity contribution in [1.82, 2.24) is 4.98 Å². The number of aliphatic hydroxyl groups excluding tert-OH is 1. The van der Waals surface area contributed by atoms with Crippen LogP contribution < -0.4 is 5.32 Å². The van der Waals surface area contributed by atoms with Crippen molar-refractivity contribution in [3.05, 3.63) is 88.0 Å². The Kier molecular flexibility index (Phi) is 8.07. The first-order chi connectivity index (χ1) is 19.7. The summed E-state index contributed by atoms with van der Waals surface area (Å²) in [4.78, 5) is 15.9. The highest BCUT2D eigenvalue weighted by molar-refractivity contribution is 7.92. The molecule has 5 rings (SSSR count). The lowest BCUT2D eigenvalue weighted by atomic mass is 9.70. The van der Waals surface area contributed by atoms with Gasteiger partial charge in [0.1, 0.15) is 28.9 Å². The van der Waals surface area contributed by atoms with Crippen molar-refractivity contribution < 1.29 is 45.4 Å². The molecular formula is C28H24ClF5N2O5S. The quantitative estimate of drug-likeness (QED) is 0.286. The largest absolute Gasteiger partial charge is 0.386 e. The number of nitrogens with zero attached hydrogens (tertiary/aromatic N) is 1. The number of benzene rings is 2. The average Bonchev–Trinajstić information content (AvgIpc) is 3.10. The van der Waals surface area contributed by atoms with Crippen LogP contribution in [0.1, 0.15) is 60.0 Å². The molecule has 42 heavy (non-hydrogen) atoms. The fourth-order valence-corrected chi connectivity index (χ4v) is 8.47. The lowest BCUT2D eigenvalue weighted by Gasteiger charge is -2.45. The van der Waals surface area contributed by atoms with Crippen LogP contribution in [-0.2, 0) is 9.84 Å². The molecule has 1 amide bonds. The summed E-state index contributed by atoms with van der Waals surface area (Å²) < 4.78 is 95.2. The number of amides is 1. The van der Waals surface area contributed by atoms with Gasteiger partial charge in [0.15, 0.2) is 21.5 Å². The second-order valence-electron chi connectivity index (χ2n) is 10.5. The lowest BCUT2D eigenvalue weighted by molar-refractivity contribution is -0.147. The van der Waals surface area contributed by atoms with Crippen LogP contribution >= 0.6 is 11.6 Å². The number of carbonyl (C=O) groups is 1. The van der Waals surface area contributed by atoms with Gasteiger partial charge in [0.2, 0.25) is 0 Å². The molecule has 1 heterocycles. The van der Waals surface area contributed by atoms with Crippen LogP contribution in [0.4, 0.5) is 27.6 Å². The van der Waals surface area contributed by atoms with E-state index >= 15 is 0 Å². The molecule has 1 aromatic heterocycles. The standard InChI is InChI=1S/C28H24ClF5N2O5S/c29-18-5-1-13(27(38)35-16-4-6-19(30)21(32)12-16)9-23(18)42(40,41)17-10-14-2-3-15(11-17)28(14,39)25(37)24-20(31)7-8-22(36-24)26(33)34/h1,4-9,12,14-15,17,25-26,37,39H,2-3,10-11H2,(H,35,38)/t14-,15?,17?,25?,28-/m0/s1. The van der Waals surface area contributed by atoms with Crippen molar-refractivity contribution in [2.75, 3.05) is 5.32 Å². The highest BCUT2D eigenvalue weighted by Gasteiger charge is 2.60. The number of aromatic nitrogens is 1. The van der Waals surface area contributed by atoms with E-state index in [1.165, 1.54) is 12.1 Å². The van der Waals surface area contributed by atoms with E-state index in [4.69, 9.17) is 11.6 Å². The summed E-state index contributed by atoms with van der Waals surface area (Å²) in [5.74, 6) is -5.89. The molecule has 2 saturated carbocycles. The van der Waals surface area contributed by atoms with E-state index in [-0.39, 0.29) is 46.9 Å². The van der Waals surface area contributed by atoms with Gasteiger partial charge in [-0.05, 0) is 80.0 Å². The molecule has 14 heteroatoms. The number of pyridine rings is 1. The molecule has 0 spiro atoms. The number of fused-ring (bicyclic) bond motifs is 2. The number of hydrogen-bond acceptors (Lipinski definition) is 6. The van der Waals surface area contributed by atoms with Crippen molar-refractivity contribution in [3.63, 3.8) is 0 Å². The normalized spacial score (nSPS) is 24.5. The van der Waals surface area contributed by atoms with Gasteiger partial charge >= 0.3 is 0 Å². The van der Waals surface area contributed by atoms with Gasteiger partial charge in [-0.3, -0.25) is 4.79 Å². The molecule has 2 fully saturated rings. The first kappa shape index (κ1) is 30.3. The summed E-state index contributed by atoms with van der Waals surface area (Å²) in [6.45, 7) is 0. The highest BCUT2D eigenvalue weighted by atomic mass is 35.5. The molecule has 2 bridgehead atoms. The Morgan fingerprint density at radius 3 is 2.24 bits per heavy atom. The molecule has 3 unspecified atom stereocenters. The maximum Gasteiger partial charge on any atom is 0.280 e. The number of rotatable bonds is 7. The summed E-state index contributed by atoms with van der Waals surface area (Å²) in [5, 5.41) is 23.7. The molecule has 7 nitrogen and oxygen atoms in total. The number of carbonyl (C=O) groups excluding carboxylic acids is 1. The first-order valence-electron chi connectivity index (χ1n) is 12.9. The van der Waals surface area contributed by atoms with E-state index in [2.05, 4.69) is 10.3 Å². The molecule has 5 atom stereocenters. The average molecular weight is 631 g/mol. The van der Waals surface area contributed by atoms with Gasteiger partial charge in [0, 0.05) is 17.3 Å². The van der Waals surface area contributed by atoms with Crippen LogP contribution in [0.3, 0.4) is 0 Å². The van der Waals surface area contributed by atoms with Crippen molar-refractivity contribution in [2.24, 2.45) is 11.8 Å². The molecule has 0 saturated heterocycles. The zero-order valence-electron chi connectivity index (χ0n) is 21.6. The third kappa shape index (κ3) is 5.27. The highest BCUT2D eigenvalue weighted by Crippen LogP contribution is 2.56. The predicted molar refractivity (Wildman–Crippen MR) is 141 cm³/mol. The molecule has 3 N–H and O–H groups in total. The zero-order valence-corrected chi connectivity index (χ0v) is 23.1. The molecule has 2 aliphatic carbocycles. The number of halogens is 6. The van der Waals surface area contributed by atoms with Crippen LogP contribution in [0.15, 0.2) is 53.4 Å². The van der Waals surface area contributed by atoms with E-state index in [9.17, 15) is 45.4 Å². The Hall–Kier alpha value is -3.13. The number of sulfone groups is 1. The maximum atomic E-state index is 14.5. The maximum absolute atomic E-state index is 14.5. The van der Waals surface area contributed by atoms with Gasteiger partial charge < -0.3 is 15.5 Å². The molecule has 2 aromatic carbocycles. The third-order valence-corrected chi connectivity index (χ3v) is 10.9. The Morgan fingerprint density at radius 1 is 0.976 bits per heavy atom. The van der Waals surface area contributed by atoms with Gasteiger partial charge in [-0.15, -0.1) is 0 Å². The zero-order chi connectivity index (χ0) is 30.6. The number of aliphatic hydroxyl groups is 2. The Morgan fingerprint density at radius 2 is 1.62 bits per heavy atom. The summed E-state index contributed by atoms with van der Waals surface area (Å²) in [6.07, 6.45) is -4.78. The second-order valence-corrected chi connectivity index (χ2v) is 13.1. The lowest BCUT2D eigenvalue weighted by Crippen LogP contribution is -2.52. The van der Waals surface area contributed by atoms with Gasteiger partial charge in [-0.25, -0.2) is 35.4 Å². The molecule has 0 aliphatic heterocycles. The minimum Gasteiger partial charge on any atom is -0.386 e. The Labute approximate surface area is 242 Å². The van der Waals surface area contributed by atoms with Gasteiger partial charge in [0.05, 0.1) is 15.2 Å². The molecule has 0 radical (unpaired) electrons. The first-order valence-corrected chi connectivity index (χ1v) is 14.8. The minimum atomic E-state index is -4.23. The van der Waals surface area contributed by atoms with Crippen molar-refractivity contribution in [3.8, 4) is 0 Å². The van der Waals surface area contributed by atoms with Gasteiger partial charge in [-0.1, -0.05) is 11.6 Å². The van der Waals surface area contributed by atoms with Crippen LogP contribution in [0, 0.1) is 29.3 Å². The number of nitrogens with one attached hydrogen (secondary N) is 1. The fraction of sp³-hybridized carbons (Fsp3) is 0.357. The number of alkyl halides is 2. The van der Waals surface area contributed by atoms with E-state index in [1.54, 1.807) is 0 Å². The van der Waals surface area contributed by atoms with Crippen molar-refractivity contribution >= 4 is 33.0 Å². The molecule has 3 aromatic rings. The fourth-order valence-electron chi connectivity index (χ4n) is 6.07. The van der Waals surface area contributed by atoms with Crippen LogP contribution in [0.25, 0.3) is 0 Å². The van der Waals surface area contributed by atoms with E-state index < -0.39 is 79.8 Å². The van der Waals surface area contributed by atoms with Gasteiger partial charge in [0.25, 0.3) is 12.3 Å². The van der Waals surface area contributed by atoms with E-state index in [0.717, 1.165) is 36.4 Å². The number of anilines is 1. The minimum absolute atomic E-state index is 0.0648. The SMILES string of the molecule is O=C(Nc1ccc(F)c(F)c1)c1ccc(Cl)c(S(=O)(=O)C2CC3CC[C@@H](C2)[C@@]3(O)C(O)c2nc(C(F)F)ccc2F)c1. The van der Waals surface area contributed by atoms with Crippen LogP contribution in [-0.4, -0.2) is 40.4 Å². The summed E-state index contributed by atoms with van der Waals surface area (Å²) in [6, 6.07) is 7.72. The van der Waals surface area contributed by atoms with Crippen molar-refractivity contribution in [2.45, 2.75) is 54.0 Å². The number of hydrogen-bond donors (Lipinski definition) is 3. The van der Waals surface area contributed by atoms with Crippen molar-refractivity contribution in [1.29, 1.82) is 0 Å². The predicted octanol–water partition coefficient (Wildman–Crippen LogP) is 5.77. The molecule has 224 valence electrons. The Balaban J connectivity index is 1.40. The van der Waals surface area contributed by atoms with Crippen LogP contribution in [0.2, 0.25) is 5.02 Å². The summed E-state index contributed by atoms with van der Waals surface area (Å²) in [7, 11) is -4.23. The third-order valence-electron chi connectivity index (χ3n) is 8.20. The topological polar surface area (TPSA) is 117 Å². The molecular weight excluding hydrogens is 607 g/mol. The summed E-state index contributed by atoms with van der Waals surface area (Å²) in [5.41, 5.74) is -3.73. The Bertz CT molecular complexity index is 1640. The molecule has 2 aliphatic rings. The van der Waals surface area contributed by atoms with Gasteiger partial charge in [-0.2, -0.15) is 0 Å².